The van der Waals surface area contributed by atoms with Crippen molar-refractivity contribution in [3.8, 4) is 0 Å². The first-order chi connectivity index (χ1) is 13.3. The summed E-state index contributed by atoms with van der Waals surface area (Å²) in [6.45, 7) is 5.58. The monoisotopic (exact) mass is 501 g/mol. The maximum absolute atomic E-state index is 11.9. The van der Waals surface area contributed by atoms with Gasteiger partial charge >= 0.3 is 0 Å². The zero-order chi connectivity index (χ0) is 19.2. The minimum Gasteiger partial charge on any atom is -0.467 e. The molecular formula is C19H28IN5O3. The highest BCUT2D eigenvalue weighted by Crippen LogP contribution is 2.01. The van der Waals surface area contributed by atoms with E-state index >= 15 is 0 Å². The molecule has 8 nitrogen and oxygen atoms in total. The number of guanidine groups is 1. The van der Waals surface area contributed by atoms with Gasteiger partial charge in [0, 0.05) is 45.2 Å². The molecule has 0 radical (unpaired) electrons. The van der Waals surface area contributed by atoms with Crippen molar-refractivity contribution in [2.75, 3.05) is 32.8 Å². The number of hydrogen-bond acceptors (Lipinski definition) is 5. The summed E-state index contributed by atoms with van der Waals surface area (Å²) in [6, 6.07) is 7.20. The van der Waals surface area contributed by atoms with Crippen molar-refractivity contribution in [1.29, 1.82) is 0 Å². The zero-order valence-corrected chi connectivity index (χ0v) is 18.3. The van der Waals surface area contributed by atoms with Crippen LogP contribution in [0.25, 0.3) is 0 Å². The second-order valence-electron chi connectivity index (χ2n) is 5.67. The summed E-state index contributed by atoms with van der Waals surface area (Å²) in [7, 11) is 0. The molecule has 0 aliphatic carbocycles. The molecule has 2 heterocycles. The van der Waals surface area contributed by atoms with E-state index in [2.05, 4.69) is 25.9 Å². The number of amides is 1. The van der Waals surface area contributed by atoms with E-state index in [4.69, 9.17) is 9.15 Å². The molecule has 9 heteroatoms. The van der Waals surface area contributed by atoms with Crippen LogP contribution >= 0.6 is 24.0 Å². The van der Waals surface area contributed by atoms with Crippen LogP contribution in [-0.2, 0) is 11.3 Å². The maximum atomic E-state index is 11.9. The van der Waals surface area contributed by atoms with Crippen molar-refractivity contribution >= 4 is 35.8 Å². The van der Waals surface area contributed by atoms with Crippen molar-refractivity contribution < 1.29 is 13.9 Å². The number of carbonyl (C=O) groups excluding carboxylic acids is 1. The number of hydrogen-bond donors (Lipinski definition) is 3. The molecule has 0 aromatic carbocycles. The average Bonchev–Trinajstić information content (AvgIpc) is 3.21. The van der Waals surface area contributed by atoms with Gasteiger partial charge in [0.1, 0.15) is 12.4 Å². The van der Waals surface area contributed by atoms with Gasteiger partial charge in [-0.3, -0.25) is 14.8 Å². The predicted molar refractivity (Wildman–Crippen MR) is 119 cm³/mol. The molecule has 0 aliphatic rings. The van der Waals surface area contributed by atoms with E-state index in [1.807, 2.05) is 19.1 Å². The lowest BCUT2D eigenvalue weighted by Gasteiger charge is -2.12. The van der Waals surface area contributed by atoms with Gasteiger partial charge in [-0.15, -0.1) is 24.0 Å². The topological polar surface area (TPSA) is 101 Å². The Balaban J connectivity index is 0.00000392. The molecule has 0 atom stereocenters. The first kappa shape index (κ1) is 23.9. The highest BCUT2D eigenvalue weighted by Gasteiger charge is 2.04. The van der Waals surface area contributed by atoms with Gasteiger partial charge in [0.2, 0.25) is 0 Å². The van der Waals surface area contributed by atoms with Crippen LogP contribution < -0.4 is 16.0 Å². The Bertz CT molecular complexity index is 680. The number of ether oxygens (including phenoxy) is 1. The summed E-state index contributed by atoms with van der Waals surface area (Å²) in [5.74, 6) is 1.40. The van der Waals surface area contributed by atoms with E-state index in [0.717, 1.165) is 24.7 Å². The number of rotatable bonds is 11. The molecule has 0 saturated carbocycles. The molecule has 2 rings (SSSR count). The van der Waals surface area contributed by atoms with Gasteiger partial charge in [-0.2, -0.15) is 0 Å². The molecule has 1 amide bonds. The van der Waals surface area contributed by atoms with E-state index < -0.39 is 0 Å². The summed E-state index contributed by atoms with van der Waals surface area (Å²) in [6.07, 6.45) is 5.63. The fourth-order valence-corrected chi connectivity index (χ4v) is 2.22. The second-order valence-corrected chi connectivity index (χ2v) is 5.67. The van der Waals surface area contributed by atoms with Crippen LogP contribution in [0.5, 0.6) is 0 Å². The standard InChI is InChI=1S/C19H27N5O3.HI/c1-2-21-19(23-9-5-12-26-15-17-7-4-13-27-17)24-11-10-22-18(25)16-6-3-8-20-14-16;/h3-4,6-8,13-14H,2,5,9-12,15H2,1H3,(H,22,25)(H2,21,23,24);1H. The number of halogens is 1. The number of nitrogens with zero attached hydrogens (tertiary/aromatic N) is 2. The molecule has 3 N–H and O–H groups in total. The average molecular weight is 501 g/mol. The molecular weight excluding hydrogens is 473 g/mol. The molecule has 28 heavy (non-hydrogen) atoms. The zero-order valence-electron chi connectivity index (χ0n) is 16.0. The van der Waals surface area contributed by atoms with Crippen molar-refractivity contribution in [3.05, 3.63) is 54.2 Å². The van der Waals surface area contributed by atoms with Crippen LogP contribution in [0.15, 0.2) is 52.3 Å². The third kappa shape index (κ3) is 9.70. The van der Waals surface area contributed by atoms with Crippen molar-refractivity contribution in [1.82, 2.24) is 20.9 Å². The molecule has 2 aromatic rings. The summed E-state index contributed by atoms with van der Waals surface area (Å²) in [5, 5.41) is 9.21. The smallest absolute Gasteiger partial charge is 0.252 e. The molecule has 0 unspecified atom stereocenters. The number of aromatic nitrogens is 1. The Morgan fingerprint density at radius 2 is 2.07 bits per heavy atom. The van der Waals surface area contributed by atoms with Crippen LogP contribution in [0.3, 0.4) is 0 Å². The maximum Gasteiger partial charge on any atom is 0.252 e. The van der Waals surface area contributed by atoms with Gasteiger partial charge in [0.25, 0.3) is 5.91 Å². The van der Waals surface area contributed by atoms with Crippen LogP contribution in [-0.4, -0.2) is 49.6 Å². The van der Waals surface area contributed by atoms with Crippen LogP contribution in [0, 0.1) is 0 Å². The third-order valence-electron chi connectivity index (χ3n) is 3.51. The Morgan fingerprint density at radius 3 is 2.79 bits per heavy atom. The van der Waals surface area contributed by atoms with Gasteiger partial charge in [-0.05, 0) is 37.6 Å². The van der Waals surface area contributed by atoms with Gasteiger partial charge < -0.3 is 25.1 Å². The minimum atomic E-state index is -0.138. The second kappa shape index (κ2) is 14.9. The number of aliphatic imine (C=N–C) groups is 1. The van der Waals surface area contributed by atoms with Crippen LogP contribution in [0.1, 0.15) is 29.5 Å². The molecule has 0 saturated heterocycles. The first-order valence-electron chi connectivity index (χ1n) is 9.10. The Kier molecular flexibility index (Phi) is 12.7. The Hall–Kier alpha value is -2.14. The lowest BCUT2D eigenvalue weighted by atomic mass is 10.3. The Labute approximate surface area is 182 Å². The third-order valence-corrected chi connectivity index (χ3v) is 3.51. The fraction of sp³-hybridized carbons (Fsp3) is 0.421. The van der Waals surface area contributed by atoms with Crippen molar-refractivity contribution in [2.24, 2.45) is 4.99 Å². The van der Waals surface area contributed by atoms with E-state index in [1.54, 1.807) is 30.8 Å². The largest absolute Gasteiger partial charge is 0.467 e. The van der Waals surface area contributed by atoms with E-state index in [0.29, 0.717) is 38.4 Å². The highest BCUT2D eigenvalue weighted by molar-refractivity contribution is 14.0. The lowest BCUT2D eigenvalue weighted by Crippen LogP contribution is -2.41. The van der Waals surface area contributed by atoms with Crippen molar-refractivity contribution in [3.63, 3.8) is 0 Å². The lowest BCUT2D eigenvalue weighted by molar-refractivity contribution is 0.0954. The quantitative estimate of drug-likeness (QED) is 0.189. The van der Waals surface area contributed by atoms with Crippen LogP contribution in [0.2, 0.25) is 0 Å². The highest BCUT2D eigenvalue weighted by atomic mass is 127. The minimum absolute atomic E-state index is 0. The van der Waals surface area contributed by atoms with Gasteiger partial charge in [-0.25, -0.2) is 0 Å². The molecule has 0 spiro atoms. The normalized spacial score (nSPS) is 10.8. The fourth-order valence-electron chi connectivity index (χ4n) is 2.22. The van der Waals surface area contributed by atoms with Crippen molar-refractivity contribution in [2.45, 2.75) is 20.0 Å². The van der Waals surface area contributed by atoms with Gasteiger partial charge in [0.05, 0.1) is 11.8 Å². The van der Waals surface area contributed by atoms with E-state index in [-0.39, 0.29) is 29.9 Å². The van der Waals surface area contributed by atoms with Crippen LogP contribution in [0.4, 0.5) is 0 Å². The predicted octanol–water partition coefficient (Wildman–Crippen LogP) is 2.18. The summed E-state index contributed by atoms with van der Waals surface area (Å²) in [5.41, 5.74) is 0.549. The van der Waals surface area contributed by atoms with Gasteiger partial charge in [0.15, 0.2) is 5.96 Å². The molecule has 0 aliphatic heterocycles. The summed E-state index contributed by atoms with van der Waals surface area (Å²) in [4.78, 5) is 20.4. The number of furan rings is 1. The molecule has 0 fully saturated rings. The number of carbonyl (C=O) groups is 1. The Morgan fingerprint density at radius 1 is 1.21 bits per heavy atom. The van der Waals surface area contributed by atoms with E-state index in [9.17, 15) is 4.79 Å². The van der Waals surface area contributed by atoms with E-state index in [1.165, 1.54) is 0 Å². The summed E-state index contributed by atoms with van der Waals surface area (Å²) >= 11 is 0. The van der Waals surface area contributed by atoms with Gasteiger partial charge in [-0.1, -0.05) is 0 Å². The SMILES string of the molecule is CCNC(=NCCCOCc1ccco1)NCCNC(=O)c1cccnc1.I. The molecule has 2 aromatic heterocycles. The molecule has 0 bridgehead atoms. The summed E-state index contributed by atoms with van der Waals surface area (Å²) < 4.78 is 10.7. The number of pyridine rings is 1. The molecule has 154 valence electrons. The number of nitrogens with one attached hydrogen (secondary N) is 3. The first-order valence-corrected chi connectivity index (χ1v) is 9.10.